The average molecular weight is 1020 g/mol. The highest BCUT2D eigenvalue weighted by Crippen LogP contribution is 2.45. The SMILES string of the molecule is COc1cc(N=Nc2c(S(=O)(=O)O)cc3cc(NC(=O)c4ccc(C(=O)Nc5ccc6c(O)c(N=Nc7cc(OC)c(OC)cc7C(=O)O)c(S(=O)(=O)O)cc6c5)cc4)ccc3c2O)c(C(=O)O)cc1OC. The number of carbonyl (C=O) groups is 4. The highest BCUT2D eigenvalue weighted by atomic mass is 32.2. The van der Waals surface area contributed by atoms with Crippen molar-refractivity contribution in [2.75, 3.05) is 39.1 Å². The zero-order chi connectivity index (χ0) is 52.4. The molecule has 72 heavy (non-hydrogen) atoms. The molecule has 0 aromatic heterocycles. The summed E-state index contributed by atoms with van der Waals surface area (Å²) in [7, 11) is -5.11. The molecule has 0 aliphatic carbocycles. The van der Waals surface area contributed by atoms with Crippen LogP contribution in [0.1, 0.15) is 41.4 Å². The molecular weight excluding hydrogens is 989 g/mol. The molecule has 0 saturated heterocycles. The van der Waals surface area contributed by atoms with Crippen LogP contribution in [0.5, 0.6) is 34.5 Å². The number of nitrogens with zero attached hydrogens (tertiary/aromatic N) is 4. The zero-order valence-corrected chi connectivity index (χ0v) is 39.1. The lowest BCUT2D eigenvalue weighted by atomic mass is 10.1. The van der Waals surface area contributed by atoms with Gasteiger partial charge in [-0.2, -0.15) is 16.8 Å². The topological polar surface area (TPSA) is 368 Å². The third kappa shape index (κ3) is 10.4. The van der Waals surface area contributed by atoms with Crippen LogP contribution in [0.4, 0.5) is 34.1 Å². The number of aromatic carboxylic acids is 2. The van der Waals surface area contributed by atoms with Crippen LogP contribution in [0.15, 0.2) is 127 Å². The summed E-state index contributed by atoms with van der Waals surface area (Å²) in [4.78, 5) is 48.7. The van der Waals surface area contributed by atoms with Gasteiger partial charge in [0.05, 0.1) is 39.6 Å². The minimum absolute atomic E-state index is 0.00571. The number of carboxylic acid groups (broad SMARTS) is 2. The number of aromatic hydroxyl groups is 2. The van der Waals surface area contributed by atoms with Gasteiger partial charge in [-0.15, -0.1) is 20.5 Å². The molecule has 0 bridgehead atoms. The summed E-state index contributed by atoms with van der Waals surface area (Å²) in [6.45, 7) is 0. The Morgan fingerprint density at radius 3 is 1.11 bits per heavy atom. The lowest BCUT2D eigenvalue weighted by Crippen LogP contribution is -2.14. The molecule has 7 aromatic carbocycles. The van der Waals surface area contributed by atoms with E-state index in [1.165, 1.54) is 89.1 Å². The molecule has 0 radical (unpaired) electrons. The van der Waals surface area contributed by atoms with Crippen LogP contribution in [0.3, 0.4) is 0 Å². The molecule has 7 rings (SSSR count). The van der Waals surface area contributed by atoms with Gasteiger partial charge in [0.1, 0.15) is 32.5 Å². The van der Waals surface area contributed by atoms with E-state index in [1.807, 2.05) is 0 Å². The van der Waals surface area contributed by atoms with Crippen LogP contribution in [0, 0.1) is 0 Å². The average Bonchev–Trinajstić information content (AvgIpc) is 3.34. The number of nitrogens with one attached hydrogen (secondary N) is 2. The molecule has 0 saturated carbocycles. The van der Waals surface area contributed by atoms with Crippen LogP contribution in [-0.4, -0.2) is 98.6 Å². The van der Waals surface area contributed by atoms with Gasteiger partial charge in [0.15, 0.2) is 34.5 Å². The molecule has 0 aliphatic heterocycles. The molecule has 0 spiro atoms. The third-order valence-electron chi connectivity index (χ3n) is 10.6. The molecular formula is C46H36N6O18S2. The Bertz CT molecular complexity index is 3470. The van der Waals surface area contributed by atoms with E-state index in [0.29, 0.717) is 0 Å². The molecule has 7 aromatic rings. The lowest BCUT2D eigenvalue weighted by molar-refractivity contribution is 0.0686. The first kappa shape index (κ1) is 50.6. The van der Waals surface area contributed by atoms with Gasteiger partial charge in [-0.05, 0) is 83.6 Å². The molecule has 0 aliphatic rings. The zero-order valence-electron chi connectivity index (χ0n) is 37.4. The number of hydrogen-bond donors (Lipinski definition) is 8. The van der Waals surface area contributed by atoms with Crippen LogP contribution in [-0.2, 0) is 20.2 Å². The minimum Gasteiger partial charge on any atom is -0.505 e. The lowest BCUT2D eigenvalue weighted by Gasteiger charge is -2.12. The Kier molecular flexibility index (Phi) is 14.1. The molecule has 0 unspecified atom stereocenters. The maximum absolute atomic E-state index is 13.3. The molecule has 24 nitrogen and oxygen atoms in total. The maximum atomic E-state index is 13.3. The number of hydrogen-bond acceptors (Lipinski definition) is 18. The van der Waals surface area contributed by atoms with Crippen molar-refractivity contribution >= 4 is 99.7 Å². The van der Waals surface area contributed by atoms with E-state index in [2.05, 4.69) is 31.1 Å². The van der Waals surface area contributed by atoms with Gasteiger partial charge in [-0.3, -0.25) is 18.7 Å². The summed E-state index contributed by atoms with van der Waals surface area (Å²) in [5, 5.41) is 62.3. The van der Waals surface area contributed by atoms with Gasteiger partial charge in [0.25, 0.3) is 32.1 Å². The number of benzene rings is 7. The van der Waals surface area contributed by atoms with Gasteiger partial charge >= 0.3 is 11.9 Å². The van der Waals surface area contributed by atoms with Crippen LogP contribution in [0.2, 0.25) is 0 Å². The molecule has 0 fully saturated rings. The number of amides is 2. The summed E-state index contributed by atoms with van der Waals surface area (Å²) < 4.78 is 90.9. The fourth-order valence-electron chi connectivity index (χ4n) is 7.08. The second-order valence-electron chi connectivity index (χ2n) is 14.9. The molecule has 2 amide bonds. The van der Waals surface area contributed by atoms with Crippen molar-refractivity contribution in [1.82, 2.24) is 0 Å². The first-order chi connectivity index (χ1) is 34.1. The van der Waals surface area contributed by atoms with E-state index in [-0.39, 0.29) is 78.4 Å². The summed E-state index contributed by atoms with van der Waals surface area (Å²) in [6.07, 6.45) is 0. The normalized spacial score (nSPS) is 11.8. The van der Waals surface area contributed by atoms with Gasteiger partial charge in [0.2, 0.25) is 0 Å². The van der Waals surface area contributed by atoms with Crippen molar-refractivity contribution in [3.63, 3.8) is 0 Å². The fraction of sp³-hybridized carbons (Fsp3) is 0.0870. The quantitative estimate of drug-likeness (QED) is 0.0331. The number of azo groups is 2. The second kappa shape index (κ2) is 20.0. The molecule has 0 atom stereocenters. The molecule has 0 heterocycles. The highest BCUT2D eigenvalue weighted by Gasteiger charge is 2.26. The number of methoxy groups -OCH3 is 4. The van der Waals surface area contributed by atoms with Crippen molar-refractivity contribution in [2.45, 2.75) is 9.79 Å². The van der Waals surface area contributed by atoms with Crippen molar-refractivity contribution in [3.8, 4) is 34.5 Å². The van der Waals surface area contributed by atoms with Gasteiger partial charge in [0, 0.05) is 57.5 Å². The summed E-state index contributed by atoms with van der Waals surface area (Å²) in [6, 6.07) is 19.6. The number of anilines is 2. The Morgan fingerprint density at radius 2 is 0.806 bits per heavy atom. The number of carbonyl (C=O) groups excluding carboxylic acids is 2. The summed E-state index contributed by atoms with van der Waals surface area (Å²) >= 11 is 0. The Labute approximate surface area is 405 Å². The predicted octanol–water partition coefficient (Wildman–Crippen LogP) is 8.66. The van der Waals surface area contributed by atoms with Gasteiger partial charge in [-0.1, -0.05) is 0 Å². The monoisotopic (exact) mass is 1020 g/mol. The van der Waals surface area contributed by atoms with E-state index in [4.69, 9.17) is 18.9 Å². The molecule has 370 valence electrons. The van der Waals surface area contributed by atoms with Crippen LogP contribution < -0.4 is 29.6 Å². The minimum atomic E-state index is -5.11. The van der Waals surface area contributed by atoms with Crippen molar-refractivity contribution < 1.29 is 84.5 Å². The van der Waals surface area contributed by atoms with Crippen LogP contribution >= 0.6 is 0 Å². The molecule has 26 heteroatoms. The number of carboxylic acids is 2. The standard InChI is InChI=1S/C46H36N6O18S2/c1-67-33-17-29(45(57)58)31(19-35(33)69-3)49-51-39-37(71(61,62)63)15-23-13-25(9-11-27(23)41(39)53)47-43(55)21-5-7-22(8-6-21)44(56)48-26-10-12-28-24(14-26)16-38(72(64,65)66)40(42(28)54)52-50-32-20-36(70-4)34(68-2)18-30(32)46(59)60/h5-20,53-54H,1-4H3,(H,47,55)(H,48,56)(H,57,58)(H,59,60)(H,61,62,63)(H,64,65,66). The Hall–Kier alpha value is -9.24. The summed E-state index contributed by atoms with van der Waals surface area (Å²) in [5.41, 5.74) is -2.62. The maximum Gasteiger partial charge on any atom is 0.338 e. The van der Waals surface area contributed by atoms with E-state index < -0.39 is 87.8 Å². The number of ether oxygens (including phenoxy) is 4. The van der Waals surface area contributed by atoms with Crippen molar-refractivity contribution in [2.24, 2.45) is 20.5 Å². The first-order valence-corrected chi connectivity index (χ1v) is 23.0. The fourth-order valence-corrected chi connectivity index (χ4v) is 8.39. The second-order valence-corrected chi connectivity index (χ2v) is 17.7. The Balaban J connectivity index is 1.10. The van der Waals surface area contributed by atoms with Crippen molar-refractivity contribution in [3.05, 3.63) is 119 Å². The van der Waals surface area contributed by atoms with Crippen LogP contribution in [0.25, 0.3) is 21.5 Å². The number of phenols is 2. The van der Waals surface area contributed by atoms with Gasteiger partial charge < -0.3 is 50.0 Å². The molecule has 8 N–H and O–H groups in total. The van der Waals surface area contributed by atoms with Gasteiger partial charge in [-0.25, -0.2) is 9.59 Å². The third-order valence-corrected chi connectivity index (χ3v) is 12.3. The first-order valence-electron chi connectivity index (χ1n) is 20.2. The number of rotatable bonds is 16. The van der Waals surface area contributed by atoms with E-state index in [9.17, 15) is 65.5 Å². The highest BCUT2D eigenvalue weighted by molar-refractivity contribution is 7.86. The number of phenolic OH excluding ortho intramolecular Hbond substituents is 2. The van der Waals surface area contributed by atoms with E-state index in [1.54, 1.807) is 0 Å². The predicted molar refractivity (Wildman–Crippen MR) is 255 cm³/mol. The van der Waals surface area contributed by atoms with Crippen molar-refractivity contribution in [1.29, 1.82) is 0 Å². The van der Waals surface area contributed by atoms with E-state index >= 15 is 0 Å². The Morgan fingerprint density at radius 1 is 0.472 bits per heavy atom. The smallest absolute Gasteiger partial charge is 0.338 e. The largest absolute Gasteiger partial charge is 0.505 e. The number of fused-ring (bicyclic) bond motifs is 2. The summed E-state index contributed by atoms with van der Waals surface area (Å²) in [5.74, 6) is -5.60. The van der Waals surface area contributed by atoms with E-state index in [0.717, 1.165) is 36.4 Å².